The van der Waals surface area contributed by atoms with E-state index in [1.807, 2.05) is 6.92 Å². The summed E-state index contributed by atoms with van der Waals surface area (Å²) in [5, 5.41) is 0. The lowest BCUT2D eigenvalue weighted by molar-refractivity contribution is -0.145. The van der Waals surface area contributed by atoms with Gasteiger partial charge in [-0.25, -0.2) is 0 Å². The van der Waals surface area contributed by atoms with E-state index in [-0.39, 0.29) is 5.97 Å². The number of hydrogen-bond donors (Lipinski definition) is 0. The molecule has 5 nitrogen and oxygen atoms in total. The Morgan fingerprint density at radius 2 is 2.06 bits per heavy atom. The lowest BCUT2D eigenvalue weighted by Gasteiger charge is -2.31. The van der Waals surface area contributed by atoms with Crippen molar-refractivity contribution in [1.29, 1.82) is 0 Å². The minimum Gasteiger partial charge on any atom is -0.465 e. The van der Waals surface area contributed by atoms with Crippen molar-refractivity contribution >= 4 is 5.97 Å². The number of esters is 1. The second-order valence-corrected chi connectivity index (χ2v) is 4.82. The summed E-state index contributed by atoms with van der Waals surface area (Å²) in [6.45, 7) is 12.4. The van der Waals surface area contributed by atoms with E-state index in [1.54, 1.807) is 0 Å². The van der Waals surface area contributed by atoms with Crippen molar-refractivity contribution < 1.29 is 14.3 Å². The summed E-state index contributed by atoms with van der Waals surface area (Å²) >= 11 is 0. The van der Waals surface area contributed by atoms with Crippen molar-refractivity contribution in [3.05, 3.63) is 0 Å². The number of ether oxygens (including phenoxy) is 2. The van der Waals surface area contributed by atoms with Gasteiger partial charge >= 0.3 is 5.97 Å². The third kappa shape index (κ3) is 5.80. The molecule has 0 aromatic rings. The molecule has 106 valence electrons. The van der Waals surface area contributed by atoms with Gasteiger partial charge in [0.2, 0.25) is 0 Å². The van der Waals surface area contributed by atoms with E-state index >= 15 is 0 Å². The summed E-state index contributed by atoms with van der Waals surface area (Å²) in [5.41, 5.74) is 0. The van der Waals surface area contributed by atoms with Crippen molar-refractivity contribution in [3.63, 3.8) is 0 Å². The molecule has 0 aromatic carbocycles. The van der Waals surface area contributed by atoms with Gasteiger partial charge in [-0.15, -0.1) is 0 Å². The van der Waals surface area contributed by atoms with E-state index in [4.69, 9.17) is 9.47 Å². The maximum absolute atomic E-state index is 11.5. The van der Waals surface area contributed by atoms with Crippen LogP contribution in [0.25, 0.3) is 0 Å². The summed E-state index contributed by atoms with van der Waals surface area (Å²) in [4.78, 5) is 16.1. The van der Waals surface area contributed by atoms with Crippen LogP contribution in [0, 0.1) is 0 Å². The molecule has 5 heteroatoms. The minimum absolute atomic E-state index is 0.131. The Balaban J connectivity index is 2.30. The fourth-order valence-corrected chi connectivity index (χ4v) is 1.99. The summed E-state index contributed by atoms with van der Waals surface area (Å²) in [5.74, 6) is -0.131. The van der Waals surface area contributed by atoms with Crippen LogP contribution in [0.15, 0.2) is 0 Å². The quantitative estimate of drug-likeness (QED) is 0.625. The second-order valence-electron chi connectivity index (χ2n) is 4.82. The van der Waals surface area contributed by atoms with Crippen LogP contribution in [0.5, 0.6) is 0 Å². The van der Waals surface area contributed by atoms with Crippen LogP contribution in [0.2, 0.25) is 0 Å². The van der Waals surface area contributed by atoms with Gasteiger partial charge < -0.3 is 9.47 Å². The van der Waals surface area contributed by atoms with Crippen molar-refractivity contribution in [2.75, 3.05) is 52.5 Å². The predicted molar refractivity (Wildman–Crippen MR) is 70.6 cm³/mol. The monoisotopic (exact) mass is 258 g/mol. The number of morpholine rings is 1. The highest BCUT2D eigenvalue weighted by molar-refractivity contribution is 5.71. The summed E-state index contributed by atoms with van der Waals surface area (Å²) in [6.07, 6.45) is 0. The Labute approximate surface area is 110 Å². The first-order valence-corrected chi connectivity index (χ1v) is 6.83. The van der Waals surface area contributed by atoms with Gasteiger partial charge in [-0.3, -0.25) is 14.6 Å². The molecule has 1 rings (SSSR count). The number of rotatable bonds is 7. The molecular formula is C13H26N2O3. The molecule has 1 heterocycles. The predicted octanol–water partition coefficient (Wildman–Crippen LogP) is 0.592. The van der Waals surface area contributed by atoms with Crippen LogP contribution in [0.1, 0.15) is 20.8 Å². The van der Waals surface area contributed by atoms with Gasteiger partial charge in [0.05, 0.1) is 26.4 Å². The van der Waals surface area contributed by atoms with Crippen LogP contribution in [0.3, 0.4) is 0 Å². The molecule has 1 aliphatic rings. The van der Waals surface area contributed by atoms with Gasteiger partial charge in [-0.2, -0.15) is 0 Å². The molecule has 1 aliphatic heterocycles. The largest absolute Gasteiger partial charge is 0.465 e. The van der Waals surface area contributed by atoms with Gasteiger partial charge in [-0.05, 0) is 20.8 Å². The lowest BCUT2D eigenvalue weighted by atomic mass is 10.3. The molecule has 0 N–H and O–H groups in total. The first-order valence-electron chi connectivity index (χ1n) is 6.83. The van der Waals surface area contributed by atoms with Crippen LogP contribution in [-0.4, -0.2) is 74.4 Å². The lowest BCUT2D eigenvalue weighted by Crippen LogP contribution is -2.44. The Kier molecular flexibility index (Phi) is 7.23. The summed E-state index contributed by atoms with van der Waals surface area (Å²) < 4.78 is 10.3. The smallest absolute Gasteiger partial charge is 0.320 e. The number of nitrogens with zero attached hydrogens (tertiary/aromatic N) is 2. The molecular weight excluding hydrogens is 232 g/mol. The van der Waals surface area contributed by atoms with Gasteiger partial charge in [0.1, 0.15) is 0 Å². The maximum Gasteiger partial charge on any atom is 0.320 e. The molecule has 0 saturated carbocycles. The molecule has 0 aliphatic carbocycles. The zero-order chi connectivity index (χ0) is 13.4. The Morgan fingerprint density at radius 1 is 1.39 bits per heavy atom. The molecule has 1 saturated heterocycles. The Hall–Kier alpha value is -0.650. The average Bonchev–Trinajstić information content (AvgIpc) is 2.35. The highest BCUT2D eigenvalue weighted by atomic mass is 16.5. The molecule has 0 radical (unpaired) electrons. The molecule has 0 unspecified atom stereocenters. The molecule has 0 spiro atoms. The first-order chi connectivity index (χ1) is 8.63. The maximum atomic E-state index is 11.5. The fourth-order valence-electron chi connectivity index (χ4n) is 1.99. The van der Waals surface area contributed by atoms with Crippen molar-refractivity contribution in [3.8, 4) is 0 Å². The highest BCUT2D eigenvalue weighted by Crippen LogP contribution is 2.02. The van der Waals surface area contributed by atoms with E-state index in [2.05, 4.69) is 23.6 Å². The van der Waals surface area contributed by atoms with Crippen LogP contribution in [-0.2, 0) is 14.3 Å². The van der Waals surface area contributed by atoms with E-state index < -0.39 is 0 Å². The Morgan fingerprint density at radius 3 is 2.61 bits per heavy atom. The van der Waals surface area contributed by atoms with Gasteiger partial charge in [0, 0.05) is 32.2 Å². The molecule has 0 atom stereocenters. The van der Waals surface area contributed by atoms with Gasteiger partial charge in [0.25, 0.3) is 0 Å². The number of hydrogen-bond acceptors (Lipinski definition) is 5. The van der Waals surface area contributed by atoms with E-state index in [9.17, 15) is 4.79 Å². The van der Waals surface area contributed by atoms with Crippen molar-refractivity contribution in [1.82, 2.24) is 9.80 Å². The van der Waals surface area contributed by atoms with Crippen LogP contribution < -0.4 is 0 Å². The standard InChI is InChI=1S/C13H26N2O3/c1-4-18-13(16)11-15(12(2)3)6-5-14-7-9-17-10-8-14/h12H,4-11H2,1-3H3. The highest BCUT2D eigenvalue weighted by Gasteiger charge is 2.17. The first kappa shape index (κ1) is 15.4. The zero-order valence-electron chi connectivity index (χ0n) is 11.9. The van der Waals surface area contributed by atoms with Crippen LogP contribution >= 0.6 is 0 Å². The van der Waals surface area contributed by atoms with Crippen LogP contribution in [0.4, 0.5) is 0 Å². The third-order valence-electron chi connectivity index (χ3n) is 3.17. The third-order valence-corrected chi connectivity index (χ3v) is 3.17. The Bertz CT molecular complexity index is 240. The van der Waals surface area contributed by atoms with E-state index in [0.29, 0.717) is 19.2 Å². The van der Waals surface area contributed by atoms with Gasteiger partial charge in [0.15, 0.2) is 0 Å². The fraction of sp³-hybridized carbons (Fsp3) is 0.923. The topological polar surface area (TPSA) is 42.0 Å². The minimum atomic E-state index is -0.131. The number of carbonyl (C=O) groups is 1. The normalized spacial score (nSPS) is 17.4. The average molecular weight is 258 g/mol. The number of carbonyl (C=O) groups excluding carboxylic acids is 1. The van der Waals surface area contributed by atoms with Gasteiger partial charge in [-0.1, -0.05) is 0 Å². The molecule has 18 heavy (non-hydrogen) atoms. The zero-order valence-corrected chi connectivity index (χ0v) is 11.9. The summed E-state index contributed by atoms with van der Waals surface area (Å²) in [7, 11) is 0. The molecule has 1 fully saturated rings. The molecule has 0 amide bonds. The van der Waals surface area contributed by atoms with E-state index in [0.717, 1.165) is 39.4 Å². The second kappa shape index (κ2) is 8.45. The molecule has 0 aromatic heterocycles. The summed E-state index contributed by atoms with van der Waals surface area (Å²) in [6, 6.07) is 0.357. The molecule has 0 bridgehead atoms. The van der Waals surface area contributed by atoms with Crippen molar-refractivity contribution in [2.45, 2.75) is 26.8 Å². The SMILES string of the molecule is CCOC(=O)CN(CCN1CCOCC1)C(C)C. The van der Waals surface area contributed by atoms with Crippen molar-refractivity contribution in [2.24, 2.45) is 0 Å². The van der Waals surface area contributed by atoms with E-state index in [1.165, 1.54) is 0 Å².